The number of carbonyl (C=O) groups is 2. The first-order valence-electron chi connectivity index (χ1n) is 9.53. The Kier molecular flexibility index (Phi) is 9.09. The number of amides is 2. The molecule has 160 valence electrons. The Bertz CT molecular complexity index is 488. The quantitative estimate of drug-likeness (QED) is 0.644. The second-order valence-corrected chi connectivity index (χ2v) is 10.0. The minimum atomic E-state index is -0.528. The van der Waals surface area contributed by atoms with Crippen molar-refractivity contribution >= 4 is 12.2 Å². The highest BCUT2D eigenvalue weighted by atomic mass is 16.6. The number of ether oxygens (including phenoxy) is 3. The normalized spacial score (nSPS) is 13.1. The second-order valence-electron chi connectivity index (χ2n) is 10.0. The molecule has 2 amide bonds. The van der Waals surface area contributed by atoms with E-state index in [1.807, 2.05) is 69.2 Å². The molecular weight excluding hydrogens is 348 g/mol. The number of alkyl carbamates (subject to hydrolysis) is 2. The van der Waals surface area contributed by atoms with Crippen LogP contribution in [-0.4, -0.2) is 47.7 Å². The Morgan fingerprint density at radius 1 is 0.741 bits per heavy atom. The van der Waals surface area contributed by atoms with E-state index in [2.05, 4.69) is 10.6 Å². The molecule has 0 unspecified atom stereocenters. The van der Waals surface area contributed by atoms with Gasteiger partial charge >= 0.3 is 12.2 Å². The predicted molar refractivity (Wildman–Crippen MR) is 107 cm³/mol. The van der Waals surface area contributed by atoms with E-state index >= 15 is 0 Å². The van der Waals surface area contributed by atoms with Crippen LogP contribution in [0.4, 0.5) is 9.59 Å². The van der Waals surface area contributed by atoms with Gasteiger partial charge in [-0.1, -0.05) is 0 Å². The fourth-order valence-corrected chi connectivity index (χ4v) is 2.08. The molecule has 2 N–H and O–H groups in total. The van der Waals surface area contributed by atoms with Crippen molar-refractivity contribution in [3.05, 3.63) is 0 Å². The average Bonchev–Trinajstić information content (AvgIpc) is 2.31. The van der Waals surface area contributed by atoms with E-state index in [0.717, 1.165) is 0 Å². The van der Waals surface area contributed by atoms with Crippen molar-refractivity contribution in [1.82, 2.24) is 10.6 Å². The van der Waals surface area contributed by atoms with Crippen LogP contribution in [0.5, 0.6) is 0 Å². The molecule has 0 saturated carbocycles. The van der Waals surface area contributed by atoms with Gasteiger partial charge in [-0.25, -0.2) is 9.59 Å². The van der Waals surface area contributed by atoms with E-state index in [0.29, 0.717) is 26.0 Å². The van der Waals surface area contributed by atoms with Crippen molar-refractivity contribution in [3.63, 3.8) is 0 Å². The first-order chi connectivity index (χ1) is 11.9. The van der Waals surface area contributed by atoms with E-state index in [4.69, 9.17) is 14.2 Å². The minimum absolute atomic E-state index is 0.406. The molecule has 7 nitrogen and oxygen atoms in total. The fourth-order valence-electron chi connectivity index (χ4n) is 2.08. The number of hydrogen-bond donors (Lipinski definition) is 2. The summed E-state index contributed by atoms with van der Waals surface area (Å²) >= 11 is 0. The number of hydrogen-bond acceptors (Lipinski definition) is 5. The summed E-state index contributed by atoms with van der Waals surface area (Å²) in [6, 6.07) is 0. The average molecular weight is 389 g/mol. The third-order valence-corrected chi connectivity index (χ3v) is 3.45. The molecule has 27 heavy (non-hydrogen) atoms. The molecule has 0 atom stereocenters. The first-order valence-corrected chi connectivity index (χ1v) is 9.53. The van der Waals surface area contributed by atoms with Crippen LogP contribution in [0.25, 0.3) is 0 Å². The third-order valence-electron chi connectivity index (χ3n) is 3.45. The van der Waals surface area contributed by atoms with Crippen molar-refractivity contribution in [3.8, 4) is 0 Å². The van der Waals surface area contributed by atoms with E-state index in [-0.39, 0.29) is 0 Å². The molecule has 0 aromatic carbocycles. The molecule has 0 aromatic rings. The van der Waals surface area contributed by atoms with Crippen molar-refractivity contribution in [2.75, 3.05) is 13.2 Å². The molecule has 0 spiro atoms. The van der Waals surface area contributed by atoms with Gasteiger partial charge in [-0.3, -0.25) is 0 Å². The highest BCUT2D eigenvalue weighted by Crippen LogP contribution is 2.18. The SMILES string of the molecule is CC(C)(CCOC(C)(C)CCNC(=O)OC(C)(C)C)NC(=O)OC(C)(C)C. The van der Waals surface area contributed by atoms with Gasteiger partial charge in [0.15, 0.2) is 0 Å². The number of nitrogens with one attached hydrogen (secondary N) is 2. The second kappa shape index (κ2) is 9.62. The molecule has 7 heteroatoms. The summed E-state index contributed by atoms with van der Waals surface area (Å²) in [6.07, 6.45) is 0.413. The fraction of sp³-hybridized carbons (Fsp3) is 0.900. The largest absolute Gasteiger partial charge is 0.444 e. The summed E-state index contributed by atoms with van der Waals surface area (Å²) in [7, 11) is 0. The van der Waals surface area contributed by atoms with Crippen LogP contribution >= 0.6 is 0 Å². The lowest BCUT2D eigenvalue weighted by molar-refractivity contribution is -0.0310. The molecule has 0 radical (unpaired) electrons. The van der Waals surface area contributed by atoms with Crippen molar-refractivity contribution in [1.29, 1.82) is 0 Å². The van der Waals surface area contributed by atoms with Crippen LogP contribution in [0.15, 0.2) is 0 Å². The smallest absolute Gasteiger partial charge is 0.408 e. The maximum Gasteiger partial charge on any atom is 0.408 e. The maximum atomic E-state index is 11.9. The Balaban J connectivity index is 4.22. The molecule has 0 heterocycles. The topological polar surface area (TPSA) is 85.9 Å². The summed E-state index contributed by atoms with van der Waals surface area (Å²) in [6.45, 7) is 19.7. The number of rotatable bonds is 8. The third kappa shape index (κ3) is 15.3. The van der Waals surface area contributed by atoms with Gasteiger partial charge in [0.05, 0.1) is 5.60 Å². The van der Waals surface area contributed by atoms with E-state index in [1.165, 1.54) is 0 Å². The van der Waals surface area contributed by atoms with Gasteiger partial charge in [-0.05, 0) is 82.1 Å². The predicted octanol–water partition coefficient (Wildman–Crippen LogP) is 4.39. The summed E-state index contributed by atoms with van der Waals surface area (Å²) in [5.74, 6) is 0. The molecular formula is C20H40N2O5. The highest BCUT2D eigenvalue weighted by molar-refractivity contribution is 5.68. The van der Waals surface area contributed by atoms with Crippen LogP contribution in [0.3, 0.4) is 0 Å². The molecule has 0 saturated heterocycles. The van der Waals surface area contributed by atoms with Crippen LogP contribution in [-0.2, 0) is 14.2 Å². The highest BCUT2D eigenvalue weighted by Gasteiger charge is 2.26. The molecule has 0 aliphatic heterocycles. The summed E-state index contributed by atoms with van der Waals surface area (Å²) < 4.78 is 16.4. The Morgan fingerprint density at radius 2 is 1.22 bits per heavy atom. The lowest BCUT2D eigenvalue weighted by atomic mass is 10.0. The molecule has 0 fully saturated rings. The van der Waals surface area contributed by atoms with Crippen molar-refractivity contribution < 1.29 is 23.8 Å². The first kappa shape index (κ1) is 25.5. The molecule has 0 aromatic heterocycles. The zero-order chi connectivity index (χ0) is 21.5. The Labute approximate surface area is 164 Å². The zero-order valence-corrected chi connectivity index (χ0v) is 18.9. The Morgan fingerprint density at radius 3 is 1.70 bits per heavy atom. The van der Waals surface area contributed by atoms with Crippen LogP contribution < -0.4 is 10.6 Å². The van der Waals surface area contributed by atoms with Gasteiger partial charge in [0.2, 0.25) is 0 Å². The van der Waals surface area contributed by atoms with Crippen molar-refractivity contribution in [2.24, 2.45) is 0 Å². The van der Waals surface area contributed by atoms with Crippen molar-refractivity contribution in [2.45, 2.75) is 104 Å². The van der Waals surface area contributed by atoms with E-state index in [9.17, 15) is 9.59 Å². The van der Waals surface area contributed by atoms with Gasteiger partial charge in [0, 0.05) is 18.7 Å². The van der Waals surface area contributed by atoms with Crippen LogP contribution in [0.2, 0.25) is 0 Å². The lowest BCUT2D eigenvalue weighted by Crippen LogP contribution is -2.46. The van der Waals surface area contributed by atoms with Gasteiger partial charge in [0.25, 0.3) is 0 Å². The summed E-state index contributed by atoms with van der Waals surface area (Å²) in [4.78, 5) is 23.6. The molecule has 0 aliphatic carbocycles. The lowest BCUT2D eigenvalue weighted by Gasteiger charge is -2.31. The van der Waals surface area contributed by atoms with E-state index in [1.54, 1.807) is 0 Å². The zero-order valence-electron chi connectivity index (χ0n) is 18.9. The summed E-state index contributed by atoms with van der Waals surface area (Å²) in [5.41, 5.74) is -1.90. The van der Waals surface area contributed by atoms with E-state index < -0.39 is 34.5 Å². The number of carbonyl (C=O) groups excluding carboxylic acids is 2. The van der Waals surface area contributed by atoms with Crippen LogP contribution in [0, 0.1) is 0 Å². The van der Waals surface area contributed by atoms with Gasteiger partial charge < -0.3 is 24.8 Å². The van der Waals surface area contributed by atoms with Gasteiger partial charge in [0.1, 0.15) is 11.2 Å². The van der Waals surface area contributed by atoms with Gasteiger partial charge in [-0.15, -0.1) is 0 Å². The monoisotopic (exact) mass is 388 g/mol. The summed E-state index contributed by atoms with van der Waals surface area (Å²) in [5, 5.41) is 5.60. The molecule has 0 rings (SSSR count). The minimum Gasteiger partial charge on any atom is -0.444 e. The molecule has 0 bridgehead atoms. The van der Waals surface area contributed by atoms with Gasteiger partial charge in [-0.2, -0.15) is 0 Å². The standard InChI is InChI=1S/C20H40N2O5/c1-17(2,3)26-15(23)21-13-11-20(9,10)25-14-12-19(7,8)22-16(24)27-18(4,5)6/h11-14H2,1-10H3,(H,21,23)(H,22,24). The Hall–Kier alpha value is -1.50. The molecule has 0 aliphatic rings. The van der Waals surface area contributed by atoms with Crippen LogP contribution in [0.1, 0.15) is 82.1 Å². The maximum absolute atomic E-state index is 11.9.